The Morgan fingerprint density at radius 3 is 2.54 bits per heavy atom. The number of Topliss-reactive ketones (excluding diaryl/α,β-unsaturated/α-hetero) is 1. The van der Waals surface area contributed by atoms with Gasteiger partial charge in [-0.1, -0.05) is 6.92 Å². The summed E-state index contributed by atoms with van der Waals surface area (Å²) in [6, 6.07) is 3.47. The van der Waals surface area contributed by atoms with Crippen molar-refractivity contribution in [2.24, 2.45) is 0 Å². The first-order valence-electron chi connectivity index (χ1n) is 4.39. The third kappa shape index (κ3) is 1.89. The third-order valence-electron chi connectivity index (χ3n) is 2.17. The minimum atomic E-state index is 0.0396. The van der Waals surface area contributed by atoms with Gasteiger partial charge < -0.3 is 5.11 Å². The number of phenols is 1. The molecule has 0 unspecified atom stereocenters. The fourth-order valence-corrected chi connectivity index (χ4v) is 1.33. The molecular weight excluding hydrogens is 164 g/mol. The zero-order valence-electron chi connectivity index (χ0n) is 8.22. The number of ketones is 1. The standard InChI is InChI=1S/C11H14O2/c1-4-9-6-10(8(3)12)5-7(2)11(9)13/h5-6,13H,4H2,1-3H3. The molecule has 0 heterocycles. The Morgan fingerprint density at radius 1 is 1.46 bits per heavy atom. The molecule has 0 saturated carbocycles. The number of aromatic hydroxyl groups is 1. The van der Waals surface area contributed by atoms with Crippen molar-refractivity contribution >= 4 is 5.78 Å². The second-order valence-corrected chi connectivity index (χ2v) is 3.21. The van der Waals surface area contributed by atoms with E-state index in [0.29, 0.717) is 11.3 Å². The number of aryl methyl sites for hydroxylation is 2. The maximum atomic E-state index is 11.1. The van der Waals surface area contributed by atoms with E-state index in [1.807, 2.05) is 6.92 Å². The highest BCUT2D eigenvalue weighted by atomic mass is 16.3. The number of carbonyl (C=O) groups is 1. The van der Waals surface area contributed by atoms with Gasteiger partial charge in [0.25, 0.3) is 0 Å². The minimum Gasteiger partial charge on any atom is -0.507 e. The maximum absolute atomic E-state index is 11.1. The SMILES string of the molecule is CCc1cc(C(C)=O)cc(C)c1O. The van der Waals surface area contributed by atoms with Gasteiger partial charge in [-0.15, -0.1) is 0 Å². The lowest BCUT2D eigenvalue weighted by Gasteiger charge is -2.07. The zero-order valence-corrected chi connectivity index (χ0v) is 8.22. The van der Waals surface area contributed by atoms with Crippen molar-refractivity contribution in [3.63, 3.8) is 0 Å². The molecule has 0 aromatic heterocycles. The van der Waals surface area contributed by atoms with Gasteiger partial charge in [-0.25, -0.2) is 0 Å². The average Bonchev–Trinajstić information content (AvgIpc) is 2.09. The molecule has 13 heavy (non-hydrogen) atoms. The molecule has 0 bridgehead atoms. The van der Waals surface area contributed by atoms with E-state index in [2.05, 4.69) is 0 Å². The first-order valence-corrected chi connectivity index (χ1v) is 4.39. The Hall–Kier alpha value is -1.31. The van der Waals surface area contributed by atoms with Gasteiger partial charge in [-0.2, -0.15) is 0 Å². The molecule has 0 saturated heterocycles. The minimum absolute atomic E-state index is 0.0396. The molecule has 0 radical (unpaired) electrons. The van der Waals surface area contributed by atoms with Crippen LogP contribution in [0.4, 0.5) is 0 Å². The molecule has 1 rings (SSSR count). The fourth-order valence-electron chi connectivity index (χ4n) is 1.33. The van der Waals surface area contributed by atoms with Crippen molar-refractivity contribution in [1.82, 2.24) is 0 Å². The molecule has 0 aliphatic heterocycles. The van der Waals surface area contributed by atoms with Gasteiger partial charge in [0.15, 0.2) is 5.78 Å². The Labute approximate surface area is 78.2 Å². The molecule has 1 aromatic rings. The van der Waals surface area contributed by atoms with Gasteiger partial charge >= 0.3 is 0 Å². The summed E-state index contributed by atoms with van der Waals surface area (Å²) in [6.07, 6.45) is 0.744. The van der Waals surface area contributed by atoms with Crippen molar-refractivity contribution in [2.75, 3.05) is 0 Å². The lowest BCUT2D eigenvalue weighted by Crippen LogP contribution is -1.96. The van der Waals surface area contributed by atoms with E-state index in [-0.39, 0.29) is 5.78 Å². The van der Waals surface area contributed by atoms with Crippen molar-refractivity contribution in [2.45, 2.75) is 27.2 Å². The summed E-state index contributed by atoms with van der Waals surface area (Å²) >= 11 is 0. The van der Waals surface area contributed by atoms with Gasteiger partial charge in [0, 0.05) is 5.56 Å². The molecule has 0 atom stereocenters. The first-order chi connectivity index (χ1) is 6.06. The molecule has 1 N–H and O–H groups in total. The van der Waals surface area contributed by atoms with E-state index in [1.165, 1.54) is 6.92 Å². The quantitative estimate of drug-likeness (QED) is 0.706. The van der Waals surface area contributed by atoms with Gasteiger partial charge in [-0.05, 0) is 43.5 Å². The Kier molecular flexibility index (Phi) is 2.71. The molecule has 70 valence electrons. The first kappa shape index (κ1) is 9.78. The topological polar surface area (TPSA) is 37.3 Å². The largest absolute Gasteiger partial charge is 0.507 e. The second-order valence-electron chi connectivity index (χ2n) is 3.21. The summed E-state index contributed by atoms with van der Waals surface area (Å²) in [7, 11) is 0. The van der Waals surface area contributed by atoms with Crippen LogP contribution in [0.25, 0.3) is 0 Å². The Morgan fingerprint density at radius 2 is 2.08 bits per heavy atom. The summed E-state index contributed by atoms with van der Waals surface area (Å²) in [6.45, 7) is 5.30. The van der Waals surface area contributed by atoms with Gasteiger partial charge in [0.1, 0.15) is 5.75 Å². The highest BCUT2D eigenvalue weighted by Crippen LogP contribution is 2.24. The molecule has 0 amide bonds. The normalized spacial score (nSPS) is 10.1. The van der Waals surface area contributed by atoms with Crippen LogP contribution in [0.15, 0.2) is 12.1 Å². The van der Waals surface area contributed by atoms with E-state index in [1.54, 1.807) is 19.1 Å². The molecule has 2 nitrogen and oxygen atoms in total. The van der Waals surface area contributed by atoms with Crippen LogP contribution in [-0.4, -0.2) is 10.9 Å². The van der Waals surface area contributed by atoms with Crippen LogP contribution in [0, 0.1) is 6.92 Å². The monoisotopic (exact) mass is 178 g/mol. The van der Waals surface area contributed by atoms with Crippen molar-refractivity contribution < 1.29 is 9.90 Å². The Balaban J connectivity index is 3.30. The zero-order chi connectivity index (χ0) is 10.0. The van der Waals surface area contributed by atoms with Crippen LogP contribution >= 0.6 is 0 Å². The number of hydrogen-bond donors (Lipinski definition) is 1. The lowest BCUT2D eigenvalue weighted by atomic mass is 10.0. The average molecular weight is 178 g/mol. The van der Waals surface area contributed by atoms with E-state index in [4.69, 9.17) is 0 Å². The molecule has 0 fully saturated rings. The highest BCUT2D eigenvalue weighted by Gasteiger charge is 2.07. The summed E-state index contributed by atoms with van der Waals surface area (Å²) in [5.41, 5.74) is 2.28. The van der Waals surface area contributed by atoms with Crippen LogP contribution in [0.5, 0.6) is 5.75 Å². The predicted molar refractivity (Wildman–Crippen MR) is 52.2 cm³/mol. The van der Waals surface area contributed by atoms with Crippen molar-refractivity contribution in [3.05, 3.63) is 28.8 Å². The van der Waals surface area contributed by atoms with Crippen molar-refractivity contribution in [3.8, 4) is 5.75 Å². The predicted octanol–water partition coefficient (Wildman–Crippen LogP) is 2.47. The smallest absolute Gasteiger partial charge is 0.159 e. The number of carbonyl (C=O) groups excluding carboxylic acids is 1. The van der Waals surface area contributed by atoms with Crippen LogP contribution in [0.3, 0.4) is 0 Å². The summed E-state index contributed by atoms with van der Waals surface area (Å²) < 4.78 is 0. The molecule has 0 aliphatic rings. The van der Waals surface area contributed by atoms with E-state index in [0.717, 1.165) is 17.5 Å². The number of rotatable bonds is 2. The highest BCUT2D eigenvalue weighted by molar-refractivity contribution is 5.94. The van der Waals surface area contributed by atoms with Gasteiger partial charge in [-0.3, -0.25) is 4.79 Å². The van der Waals surface area contributed by atoms with Gasteiger partial charge in [0.05, 0.1) is 0 Å². The molecule has 2 heteroatoms. The van der Waals surface area contributed by atoms with E-state index in [9.17, 15) is 9.90 Å². The second kappa shape index (κ2) is 3.60. The van der Waals surface area contributed by atoms with Crippen LogP contribution in [0.1, 0.15) is 35.3 Å². The Bertz CT molecular complexity index is 340. The summed E-state index contributed by atoms with van der Waals surface area (Å²) in [5, 5.41) is 9.59. The number of benzene rings is 1. The number of hydrogen-bond acceptors (Lipinski definition) is 2. The molecular formula is C11H14O2. The number of phenolic OH excluding ortho intramolecular Hbond substituents is 1. The molecule has 0 spiro atoms. The van der Waals surface area contributed by atoms with Crippen LogP contribution in [-0.2, 0) is 6.42 Å². The molecule has 1 aromatic carbocycles. The molecule has 0 aliphatic carbocycles. The summed E-state index contributed by atoms with van der Waals surface area (Å²) in [4.78, 5) is 11.1. The van der Waals surface area contributed by atoms with Crippen LogP contribution in [0.2, 0.25) is 0 Å². The van der Waals surface area contributed by atoms with Crippen LogP contribution < -0.4 is 0 Å². The van der Waals surface area contributed by atoms with Crippen molar-refractivity contribution in [1.29, 1.82) is 0 Å². The lowest BCUT2D eigenvalue weighted by molar-refractivity contribution is 0.101. The van der Waals surface area contributed by atoms with E-state index >= 15 is 0 Å². The summed E-state index contributed by atoms with van der Waals surface area (Å²) in [5.74, 6) is 0.352. The fraction of sp³-hybridized carbons (Fsp3) is 0.364. The maximum Gasteiger partial charge on any atom is 0.159 e. The van der Waals surface area contributed by atoms with Gasteiger partial charge in [0.2, 0.25) is 0 Å². The third-order valence-corrected chi connectivity index (χ3v) is 2.17. The van der Waals surface area contributed by atoms with E-state index < -0.39 is 0 Å².